The van der Waals surface area contributed by atoms with Gasteiger partial charge in [-0.25, -0.2) is 9.50 Å². The number of rotatable bonds is 2. The van der Waals surface area contributed by atoms with Gasteiger partial charge < -0.3 is 9.80 Å². The van der Waals surface area contributed by atoms with Gasteiger partial charge in [-0.3, -0.25) is 19.5 Å². The van der Waals surface area contributed by atoms with E-state index in [2.05, 4.69) is 5.10 Å². The molecule has 1 N–H and O–H groups in total. The number of H-pyrrole nitrogens is 1. The van der Waals surface area contributed by atoms with E-state index in [1.165, 1.54) is 4.52 Å². The van der Waals surface area contributed by atoms with Gasteiger partial charge in [0, 0.05) is 38.4 Å². The second-order valence-corrected chi connectivity index (χ2v) is 8.14. The van der Waals surface area contributed by atoms with Crippen molar-refractivity contribution in [1.29, 1.82) is 0 Å². The van der Waals surface area contributed by atoms with Crippen molar-refractivity contribution in [2.75, 3.05) is 13.1 Å². The summed E-state index contributed by atoms with van der Waals surface area (Å²) < 4.78 is 1.46. The molecule has 8 nitrogen and oxygen atoms in total. The highest BCUT2D eigenvalue weighted by Gasteiger charge is 2.30. The second-order valence-electron chi connectivity index (χ2n) is 8.14. The molecular formula is C20H27N5O3. The van der Waals surface area contributed by atoms with Crippen LogP contribution in [-0.2, 0) is 22.6 Å². The monoisotopic (exact) mass is 385 g/mol. The molecule has 2 aromatic heterocycles. The quantitative estimate of drug-likeness (QED) is 0.851. The SMILES string of the molecule is CC(=O)N1CCCC[C@H]1c1cc2nc3c(c(=O)n2[nH]1)CN(C(=O)C(C)C)CC3. The van der Waals surface area contributed by atoms with Crippen LogP contribution in [0.4, 0.5) is 0 Å². The van der Waals surface area contributed by atoms with Gasteiger partial charge in [-0.15, -0.1) is 0 Å². The van der Waals surface area contributed by atoms with Crippen LogP contribution in [0.3, 0.4) is 0 Å². The van der Waals surface area contributed by atoms with E-state index in [9.17, 15) is 14.4 Å². The van der Waals surface area contributed by atoms with E-state index in [0.29, 0.717) is 30.7 Å². The minimum absolute atomic E-state index is 0.0470. The van der Waals surface area contributed by atoms with Crippen LogP contribution in [0.2, 0.25) is 0 Å². The molecule has 2 aromatic rings. The maximum atomic E-state index is 13.1. The van der Waals surface area contributed by atoms with Crippen LogP contribution in [0.15, 0.2) is 10.9 Å². The van der Waals surface area contributed by atoms with Crippen LogP contribution in [0.1, 0.15) is 63.0 Å². The lowest BCUT2D eigenvalue weighted by atomic mass is 9.99. The third-order valence-corrected chi connectivity index (χ3v) is 5.85. The molecule has 150 valence electrons. The molecule has 1 atom stereocenters. The Labute approximate surface area is 163 Å². The third-order valence-electron chi connectivity index (χ3n) is 5.85. The Kier molecular flexibility index (Phi) is 4.72. The van der Waals surface area contributed by atoms with E-state index in [1.807, 2.05) is 24.8 Å². The van der Waals surface area contributed by atoms with Gasteiger partial charge in [0.25, 0.3) is 5.56 Å². The number of hydrogen-bond acceptors (Lipinski definition) is 4. The van der Waals surface area contributed by atoms with Gasteiger partial charge in [0.2, 0.25) is 11.8 Å². The molecule has 8 heteroatoms. The average molecular weight is 385 g/mol. The average Bonchev–Trinajstić information content (AvgIpc) is 3.11. The maximum Gasteiger partial charge on any atom is 0.277 e. The summed E-state index contributed by atoms with van der Waals surface area (Å²) in [7, 11) is 0. The molecule has 0 saturated carbocycles. The Balaban J connectivity index is 1.72. The number of aromatic nitrogens is 3. The highest BCUT2D eigenvalue weighted by atomic mass is 16.2. The van der Waals surface area contributed by atoms with Crippen molar-refractivity contribution in [3.8, 4) is 0 Å². The van der Waals surface area contributed by atoms with E-state index < -0.39 is 0 Å². The summed E-state index contributed by atoms with van der Waals surface area (Å²) >= 11 is 0. The number of aromatic amines is 1. The second kappa shape index (κ2) is 7.07. The van der Waals surface area contributed by atoms with E-state index in [0.717, 1.165) is 37.2 Å². The first-order valence-electron chi connectivity index (χ1n) is 10.1. The molecule has 4 heterocycles. The van der Waals surface area contributed by atoms with Crippen molar-refractivity contribution in [2.45, 2.75) is 59.0 Å². The molecule has 2 amide bonds. The molecule has 0 bridgehead atoms. The Morgan fingerprint density at radius 3 is 2.75 bits per heavy atom. The summed E-state index contributed by atoms with van der Waals surface area (Å²) in [5.41, 5.74) is 2.62. The van der Waals surface area contributed by atoms with E-state index in [-0.39, 0.29) is 29.3 Å². The van der Waals surface area contributed by atoms with Crippen molar-refractivity contribution in [1.82, 2.24) is 24.4 Å². The molecule has 1 fully saturated rings. The van der Waals surface area contributed by atoms with Gasteiger partial charge in [0.1, 0.15) is 0 Å². The number of piperidine rings is 1. The maximum absolute atomic E-state index is 13.1. The Bertz CT molecular complexity index is 990. The van der Waals surface area contributed by atoms with Crippen LogP contribution < -0.4 is 5.56 Å². The van der Waals surface area contributed by atoms with Gasteiger partial charge in [0.05, 0.1) is 29.5 Å². The largest absolute Gasteiger partial charge is 0.337 e. The highest BCUT2D eigenvalue weighted by molar-refractivity contribution is 5.78. The molecule has 0 spiro atoms. The van der Waals surface area contributed by atoms with E-state index in [1.54, 1.807) is 11.8 Å². The lowest BCUT2D eigenvalue weighted by molar-refractivity contribution is -0.135. The number of hydrogen-bond donors (Lipinski definition) is 1. The highest BCUT2D eigenvalue weighted by Crippen LogP contribution is 2.30. The first-order chi connectivity index (χ1) is 13.4. The lowest BCUT2D eigenvalue weighted by Crippen LogP contribution is -2.42. The van der Waals surface area contributed by atoms with Gasteiger partial charge in [-0.05, 0) is 19.3 Å². The normalized spacial score (nSPS) is 19.9. The zero-order valence-corrected chi connectivity index (χ0v) is 16.7. The number of carbonyl (C=O) groups is 2. The minimum Gasteiger partial charge on any atom is -0.337 e. The number of likely N-dealkylation sites (tertiary alicyclic amines) is 1. The lowest BCUT2D eigenvalue weighted by Gasteiger charge is -2.34. The van der Waals surface area contributed by atoms with Crippen molar-refractivity contribution in [3.63, 3.8) is 0 Å². The summed E-state index contributed by atoms with van der Waals surface area (Å²) in [4.78, 5) is 45.8. The summed E-state index contributed by atoms with van der Waals surface area (Å²) in [6.45, 7) is 6.96. The van der Waals surface area contributed by atoms with Crippen molar-refractivity contribution >= 4 is 17.5 Å². The topological polar surface area (TPSA) is 90.8 Å². The standard InChI is InChI=1S/C20H27N5O3/c1-12(2)19(27)23-9-7-15-14(11-23)20(28)25-18(21-15)10-16(22-25)17-6-4-5-8-24(17)13(3)26/h10,12,17,22H,4-9,11H2,1-3H3/t17-/m0/s1. The summed E-state index contributed by atoms with van der Waals surface area (Å²) in [5.74, 6) is 0.00868. The van der Waals surface area contributed by atoms with Gasteiger partial charge in [-0.2, -0.15) is 0 Å². The van der Waals surface area contributed by atoms with Gasteiger partial charge >= 0.3 is 0 Å². The minimum atomic E-state index is -0.155. The van der Waals surface area contributed by atoms with E-state index in [4.69, 9.17) is 4.98 Å². The predicted molar refractivity (Wildman–Crippen MR) is 104 cm³/mol. The molecule has 0 unspecified atom stereocenters. The fourth-order valence-electron chi connectivity index (χ4n) is 4.36. The zero-order chi connectivity index (χ0) is 20.0. The van der Waals surface area contributed by atoms with Crippen molar-refractivity contribution in [3.05, 3.63) is 33.4 Å². The molecule has 0 aromatic carbocycles. The molecule has 0 aliphatic carbocycles. The Morgan fingerprint density at radius 2 is 2.04 bits per heavy atom. The Hall–Kier alpha value is -2.64. The first-order valence-corrected chi connectivity index (χ1v) is 10.1. The van der Waals surface area contributed by atoms with Crippen LogP contribution in [-0.4, -0.2) is 49.3 Å². The van der Waals surface area contributed by atoms with Gasteiger partial charge in [-0.1, -0.05) is 13.8 Å². The molecule has 2 aliphatic heterocycles. The van der Waals surface area contributed by atoms with Crippen LogP contribution >= 0.6 is 0 Å². The Morgan fingerprint density at radius 1 is 1.25 bits per heavy atom. The zero-order valence-electron chi connectivity index (χ0n) is 16.7. The molecule has 28 heavy (non-hydrogen) atoms. The first kappa shape index (κ1) is 18.7. The number of nitrogens with zero attached hydrogens (tertiary/aromatic N) is 4. The number of carbonyl (C=O) groups excluding carboxylic acids is 2. The fourth-order valence-corrected chi connectivity index (χ4v) is 4.36. The number of amides is 2. The van der Waals surface area contributed by atoms with Crippen molar-refractivity contribution < 1.29 is 9.59 Å². The molecule has 0 radical (unpaired) electrons. The number of nitrogens with one attached hydrogen (secondary N) is 1. The third kappa shape index (κ3) is 3.10. The fraction of sp³-hybridized carbons (Fsp3) is 0.600. The molecule has 1 saturated heterocycles. The number of fused-ring (bicyclic) bond motifs is 2. The molecule has 2 aliphatic rings. The van der Waals surface area contributed by atoms with Crippen LogP contribution in [0.25, 0.3) is 5.65 Å². The summed E-state index contributed by atoms with van der Waals surface area (Å²) in [5, 5.41) is 3.18. The molecule has 4 rings (SSSR count). The van der Waals surface area contributed by atoms with Gasteiger partial charge in [0.15, 0.2) is 5.65 Å². The summed E-state index contributed by atoms with van der Waals surface area (Å²) in [6, 6.07) is 1.84. The predicted octanol–water partition coefficient (Wildman–Crippen LogP) is 1.64. The smallest absolute Gasteiger partial charge is 0.277 e. The van der Waals surface area contributed by atoms with E-state index >= 15 is 0 Å². The van der Waals surface area contributed by atoms with Crippen molar-refractivity contribution in [2.24, 2.45) is 5.92 Å². The van der Waals surface area contributed by atoms with Crippen LogP contribution in [0, 0.1) is 5.92 Å². The van der Waals surface area contributed by atoms with Crippen LogP contribution in [0.5, 0.6) is 0 Å². The molecular weight excluding hydrogens is 358 g/mol. The summed E-state index contributed by atoms with van der Waals surface area (Å²) in [6.07, 6.45) is 3.51.